The smallest absolute Gasteiger partial charge is 0.408 e. The van der Waals surface area contributed by atoms with Crippen LogP contribution >= 0.6 is 0 Å². The van der Waals surface area contributed by atoms with Gasteiger partial charge < -0.3 is 25.9 Å². The van der Waals surface area contributed by atoms with Crippen LogP contribution in [0.2, 0.25) is 0 Å². The van der Waals surface area contributed by atoms with Gasteiger partial charge in [-0.25, -0.2) is 4.79 Å². The molecule has 0 aromatic rings. The lowest BCUT2D eigenvalue weighted by molar-refractivity contribution is -0.127. The SMILES string of the molecule is CC(C)CC(NC(=O)OC(C)(C)C)/C(N)=N/OCC(=O)NC1CCCCC1C. The van der Waals surface area contributed by atoms with Gasteiger partial charge in [-0.3, -0.25) is 4.79 Å². The van der Waals surface area contributed by atoms with Crippen LogP contribution in [-0.2, 0) is 14.4 Å². The largest absolute Gasteiger partial charge is 0.444 e. The minimum absolute atomic E-state index is 0.110. The van der Waals surface area contributed by atoms with E-state index in [9.17, 15) is 9.59 Å². The van der Waals surface area contributed by atoms with Crippen LogP contribution in [0.1, 0.15) is 73.6 Å². The lowest BCUT2D eigenvalue weighted by Gasteiger charge is -2.29. The first-order valence-electron chi connectivity index (χ1n) is 10.2. The number of nitrogens with zero attached hydrogens (tertiary/aromatic N) is 1. The van der Waals surface area contributed by atoms with E-state index in [1.54, 1.807) is 20.8 Å². The zero-order chi connectivity index (χ0) is 21.3. The Hall–Kier alpha value is -1.99. The topological polar surface area (TPSA) is 115 Å². The summed E-state index contributed by atoms with van der Waals surface area (Å²) in [5.74, 6) is 0.638. The third-order valence-electron chi connectivity index (χ3n) is 4.58. The number of amides is 2. The number of hydrogen-bond acceptors (Lipinski definition) is 5. The normalized spacial score (nSPS) is 21.8. The average Bonchev–Trinajstić information content (AvgIpc) is 2.54. The minimum atomic E-state index is -0.608. The van der Waals surface area contributed by atoms with Crippen LogP contribution < -0.4 is 16.4 Å². The second-order valence-corrected chi connectivity index (χ2v) is 9.05. The molecule has 0 aromatic carbocycles. The maximum Gasteiger partial charge on any atom is 0.408 e. The highest BCUT2D eigenvalue weighted by molar-refractivity contribution is 5.88. The van der Waals surface area contributed by atoms with Crippen molar-refractivity contribution in [3.05, 3.63) is 0 Å². The van der Waals surface area contributed by atoms with Crippen molar-refractivity contribution in [1.29, 1.82) is 0 Å². The summed E-state index contributed by atoms with van der Waals surface area (Å²) in [6, 6.07) is -0.343. The van der Waals surface area contributed by atoms with Gasteiger partial charge in [-0.2, -0.15) is 0 Å². The first kappa shape index (κ1) is 24.0. The van der Waals surface area contributed by atoms with E-state index < -0.39 is 17.7 Å². The quantitative estimate of drug-likeness (QED) is 0.330. The van der Waals surface area contributed by atoms with Gasteiger partial charge in [-0.1, -0.05) is 38.8 Å². The molecule has 2 amide bonds. The Bertz CT molecular complexity index is 543. The van der Waals surface area contributed by atoms with Crippen LogP contribution in [0.4, 0.5) is 4.79 Å². The number of amidine groups is 1. The Balaban J connectivity index is 2.54. The highest BCUT2D eigenvalue weighted by Gasteiger charge is 2.24. The fraction of sp³-hybridized carbons (Fsp3) is 0.850. The van der Waals surface area contributed by atoms with E-state index in [1.807, 2.05) is 13.8 Å². The molecule has 1 saturated carbocycles. The van der Waals surface area contributed by atoms with Crippen molar-refractivity contribution < 1.29 is 19.2 Å². The Labute approximate surface area is 169 Å². The third kappa shape index (κ3) is 9.80. The van der Waals surface area contributed by atoms with Crippen LogP contribution in [0.25, 0.3) is 0 Å². The maximum atomic E-state index is 12.1. The van der Waals surface area contributed by atoms with Gasteiger partial charge in [0.2, 0.25) is 0 Å². The number of nitrogens with one attached hydrogen (secondary N) is 2. The molecule has 8 heteroatoms. The van der Waals surface area contributed by atoms with Crippen molar-refractivity contribution in [3.63, 3.8) is 0 Å². The average molecular weight is 399 g/mol. The summed E-state index contributed by atoms with van der Waals surface area (Å²) in [6.45, 7) is 11.3. The molecule has 3 unspecified atom stereocenters. The van der Waals surface area contributed by atoms with Crippen molar-refractivity contribution in [2.24, 2.45) is 22.7 Å². The summed E-state index contributed by atoms with van der Waals surface area (Å²) in [4.78, 5) is 29.3. The predicted octanol–water partition coefficient (Wildman–Crippen LogP) is 2.91. The first-order chi connectivity index (χ1) is 13.0. The highest BCUT2D eigenvalue weighted by atomic mass is 16.6. The number of ether oxygens (including phenoxy) is 1. The van der Waals surface area contributed by atoms with Crippen molar-refractivity contribution in [2.45, 2.75) is 91.3 Å². The molecule has 1 fully saturated rings. The monoisotopic (exact) mass is 398 g/mol. The van der Waals surface area contributed by atoms with E-state index >= 15 is 0 Å². The minimum Gasteiger partial charge on any atom is -0.444 e. The van der Waals surface area contributed by atoms with Crippen LogP contribution in [-0.4, -0.2) is 42.1 Å². The fourth-order valence-corrected chi connectivity index (χ4v) is 3.18. The molecule has 0 bridgehead atoms. The summed E-state index contributed by atoms with van der Waals surface area (Å²) in [5, 5.41) is 9.56. The molecular formula is C20H38N4O4. The van der Waals surface area contributed by atoms with E-state index in [0.717, 1.165) is 19.3 Å². The zero-order valence-electron chi connectivity index (χ0n) is 18.2. The lowest BCUT2D eigenvalue weighted by Crippen LogP contribution is -2.47. The van der Waals surface area contributed by atoms with E-state index in [0.29, 0.717) is 12.3 Å². The molecule has 0 radical (unpaired) electrons. The molecule has 0 aliphatic heterocycles. The Morgan fingerprint density at radius 1 is 1.21 bits per heavy atom. The molecule has 162 valence electrons. The lowest BCUT2D eigenvalue weighted by atomic mass is 9.86. The van der Waals surface area contributed by atoms with Crippen molar-refractivity contribution >= 4 is 17.8 Å². The first-order valence-corrected chi connectivity index (χ1v) is 10.2. The van der Waals surface area contributed by atoms with E-state index in [4.69, 9.17) is 15.3 Å². The van der Waals surface area contributed by atoms with E-state index in [1.165, 1.54) is 6.42 Å². The molecule has 0 aromatic heterocycles. The molecular weight excluding hydrogens is 360 g/mol. The van der Waals surface area contributed by atoms with Gasteiger partial charge in [0.1, 0.15) is 5.60 Å². The van der Waals surface area contributed by atoms with Gasteiger partial charge in [0, 0.05) is 6.04 Å². The second kappa shape index (κ2) is 11.1. The Morgan fingerprint density at radius 3 is 2.43 bits per heavy atom. The summed E-state index contributed by atoms with van der Waals surface area (Å²) in [5.41, 5.74) is 5.39. The molecule has 1 aliphatic carbocycles. The van der Waals surface area contributed by atoms with Gasteiger partial charge in [-0.05, 0) is 51.9 Å². The molecule has 0 saturated heterocycles. The van der Waals surface area contributed by atoms with Crippen molar-refractivity contribution in [1.82, 2.24) is 10.6 Å². The molecule has 8 nitrogen and oxygen atoms in total. The number of hydrogen-bond donors (Lipinski definition) is 3. The van der Waals surface area contributed by atoms with Gasteiger partial charge in [0.25, 0.3) is 5.91 Å². The summed E-state index contributed by atoms with van der Waals surface area (Å²) in [7, 11) is 0. The molecule has 1 aliphatic rings. The van der Waals surface area contributed by atoms with Crippen molar-refractivity contribution in [3.8, 4) is 0 Å². The fourth-order valence-electron chi connectivity index (χ4n) is 3.18. The summed E-state index contributed by atoms with van der Waals surface area (Å²) < 4.78 is 5.27. The number of rotatable bonds is 8. The van der Waals surface area contributed by atoms with Crippen LogP contribution in [0.15, 0.2) is 5.16 Å². The summed E-state index contributed by atoms with van der Waals surface area (Å²) >= 11 is 0. The standard InChI is InChI=1S/C20H38N4O4/c1-13(2)11-16(23-19(26)28-20(4,5)6)18(21)24-27-12-17(25)22-15-10-8-7-9-14(15)3/h13-16H,7-12H2,1-6H3,(H2,21,24)(H,22,25)(H,23,26). The van der Waals surface area contributed by atoms with Gasteiger partial charge in [0.15, 0.2) is 12.4 Å². The van der Waals surface area contributed by atoms with Gasteiger partial charge >= 0.3 is 6.09 Å². The molecule has 4 N–H and O–H groups in total. The molecule has 3 atom stereocenters. The third-order valence-corrected chi connectivity index (χ3v) is 4.58. The van der Waals surface area contributed by atoms with Gasteiger partial charge in [0.05, 0.1) is 6.04 Å². The number of alkyl carbamates (subject to hydrolysis) is 1. The van der Waals surface area contributed by atoms with Crippen LogP contribution in [0.3, 0.4) is 0 Å². The maximum absolute atomic E-state index is 12.1. The van der Waals surface area contributed by atoms with Crippen molar-refractivity contribution in [2.75, 3.05) is 6.61 Å². The van der Waals surface area contributed by atoms with Crippen LogP contribution in [0.5, 0.6) is 0 Å². The van der Waals surface area contributed by atoms with Crippen LogP contribution in [0, 0.1) is 11.8 Å². The molecule has 0 spiro atoms. The molecule has 28 heavy (non-hydrogen) atoms. The zero-order valence-corrected chi connectivity index (χ0v) is 18.2. The summed E-state index contributed by atoms with van der Waals surface area (Å²) in [6.07, 6.45) is 4.48. The number of oxime groups is 1. The second-order valence-electron chi connectivity index (χ2n) is 9.05. The molecule has 0 heterocycles. The molecule has 1 rings (SSSR count). The number of carbonyl (C=O) groups is 2. The predicted molar refractivity (Wildman–Crippen MR) is 110 cm³/mol. The number of nitrogens with two attached hydrogens (primary N) is 1. The Morgan fingerprint density at radius 2 is 1.86 bits per heavy atom. The Kier molecular flexibility index (Phi) is 9.55. The highest BCUT2D eigenvalue weighted by Crippen LogP contribution is 2.23. The van der Waals surface area contributed by atoms with E-state index in [-0.39, 0.29) is 30.3 Å². The number of carbonyl (C=O) groups excluding carboxylic acids is 2. The van der Waals surface area contributed by atoms with Gasteiger partial charge in [-0.15, -0.1) is 0 Å². The van der Waals surface area contributed by atoms with E-state index in [2.05, 4.69) is 22.7 Å².